The molecule has 0 aromatic carbocycles. The van der Waals surface area contributed by atoms with Crippen molar-refractivity contribution in [2.75, 3.05) is 18.8 Å². The molecule has 1 aromatic rings. The lowest BCUT2D eigenvalue weighted by Gasteiger charge is -2.29. The molecule has 18 heavy (non-hydrogen) atoms. The average Bonchev–Trinajstić information content (AvgIpc) is 2.63. The summed E-state index contributed by atoms with van der Waals surface area (Å²) in [6, 6.07) is 0. The second-order valence-electron chi connectivity index (χ2n) is 5.61. The van der Waals surface area contributed by atoms with Crippen molar-refractivity contribution in [3.8, 4) is 0 Å². The predicted octanol–water partition coefficient (Wildman–Crippen LogP) is 1.35. The summed E-state index contributed by atoms with van der Waals surface area (Å²) in [5.41, 5.74) is 5.88. The van der Waals surface area contributed by atoms with E-state index in [0.29, 0.717) is 30.3 Å². The Hall–Kier alpha value is -1.14. The summed E-state index contributed by atoms with van der Waals surface area (Å²) >= 11 is 1.27. The zero-order valence-corrected chi connectivity index (χ0v) is 11.5. The largest absolute Gasteiger partial charge is 0.393 e. The number of thiazole rings is 1. The molecule has 0 saturated carbocycles. The molecule has 0 bridgehead atoms. The molecule has 5 nitrogen and oxygen atoms in total. The lowest BCUT2D eigenvalue weighted by atomic mass is 9.87. The van der Waals surface area contributed by atoms with Crippen LogP contribution in [-0.2, 0) is 0 Å². The smallest absolute Gasteiger partial charge is 0.273 e. The zero-order valence-electron chi connectivity index (χ0n) is 10.7. The number of carbonyl (C=O) groups is 1. The average molecular weight is 269 g/mol. The third-order valence-corrected chi connectivity index (χ3v) is 3.84. The molecule has 2 heterocycles. The minimum Gasteiger partial charge on any atom is -0.393 e. The van der Waals surface area contributed by atoms with Gasteiger partial charge in [0.25, 0.3) is 5.91 Å². The van der Waals surface area contributed by atoms with Gasteiger partial charge >= 0.3 is 0 Å². The number of nitrogens with zero attached hydrogens (tertiary/aromatic N) is 2. The fourth-order valence-electron chi connectivity index (χ4n) is 2.43. The topological polar surface area (TPSA) is 79.5 Å². The molecule has 1 aromatic heterocycles. The van der Waals surface area contributed by atoms with E-state index < -0.39 is 0 Å². The Labute approximate surface area is 111 Å². The Kier molecular flexibility index (Phi) is 3.59. The van der Waals surface area contributed by atoms with Crippen LogP contribution in [0.25, 0.3) is 0 Å². The van der Waals surface area contributed by atoms with E-state index in [0.717, 1.165) is 6.42 Å². The fraction of sp³-hybridized carbons (Fsp3) is 0.667. The second-order valence-corrected chi connectivity index (χ2v) is 6.50. The molecule has 1 atom stereocenters. The minimum atomic E-state index is -0.335. The first-order valence-electron chi connectivity index (χ1n) is 6.06. The van der Waals surface area contributed by atoms with Gasteiger partial charge in [0.1, 0.15) is 5.69 Å². The van der Waals surface area contributed by atoms with Gasteiger partial charge in [0, 0.05) is 18.5 Å². The van der Waals surface area contributed by atoms with Gasteiger partial charge in [-0.3, -0.25) is 4.79 Å². The Morgan fingerprint density at radius 3 is 3.00 bits per heavy atom. The molecule has 2 rings (SSSR count). The van der Waals surface area contributed by atoms with Gasteiger partial charge in [0.15, 0.2) is 5.13 Å². The van der Waals surface area contributed by atoms with Gasteiger partial charge in [0.2, 0.25) is 0 Å². The Bertz CT molecular complexity index is 444. The molecule has 3 N–H and O–H groups in total. The van der Waals surface area contributed by atoms with E-state index in [1.54, 1.807) is 10.3 Å². The van der Waals surface area contributed by atoms with Crippen molar-refractivity contribution in [3.05, 3.63) is 11.1 Å². The van der Waals surface area contributed by atoms with E-state index >= 15 is 0 Å². The van der Waals surface area contributed by atoms with Gasteiger partial charge in [-0.25, -0.2) is 4.98 Å². The van der Waals surface area contributed by atoms with Gasteiger partial charge in [-0.05, 0) is 18.3 Å². The van der Waals surface area contributed by atoms with Crippen LogP contribution in [0.1, 0.15) is 37.2 Å². The molecule has 0 unspecified atom stereocenters. The van der Waals surface area contributed by atoms with Crippen molar-refractivity contribution in [2.24, 2.45) is 5.41 Å². The van der Waals surface area contributed by atoms with Crippen LogP contribution >= 0.6 is 11.3 Å². The third kappa shape index (κ3) is 3.00. The van der Waals surface area contributed by atoms with Gasteiger partial charge in [-0.15, -0.1) is 11.3 Å². The second kappa shape index (κ2) is 4.85. The number of likely N-dealkylation sites (tertiary alicyclic amines) is 1. The highest BCUT2D eigenvalue weighted by Crippen LogP contribution is 2.29. The van der Waals surface area contributed by atoms with Crippen LogP contribution in [-0.4, -0.2) is 40.1 Å². The molecule has 6 heteroatoms. The monoisotopic (exact) mass is 269 g/mol. The molecule has 0 radical (unpaired) electrons. The first-order chi connectivity index (χ1) is 8.37. The van der Waals surface area contributed by atoms with Gasteiger partial charge < -0.3 is 15.7 Å². The van der Waals surface area contributed by atoms with E-state index in [-0.39, 0.29) is 17.4 Å². The molecule has 1 fully saturated rings. The number of hydrogen-bond donors (Lipinski definition) is 2. The molecule has 1 saturated heterocycles. The molecule has 1 aliphatic heterocycles. The van der Waals surface area contributed by atoms with Gasteiger partial charge in [-0.2, -0.15) is 0 Å². The number of nitrogens with two attached hydrogens (primary N) is 1. The number of nitrogen functional groups attached to an aromatic ring is 1. The lowest BCUT2D eigenvalue weighted by molar-refractivity contribution is 0.0700. The van der Waals surface area contributed by atoms with E-state index in [2.05, 4.69) is 18.8 Å². The van der Waals surface area contributed by atoms with Crippen molar-refractivity contribution >= 4 is 22.4 Å². The van der Waals surface area contributed by atoms with Crippen molar-refractivity contribution < 1.29 is 9.90 Å². The summed E-state index contributed by atoms with van der Waals surface area (Å²) in [5.74, 6) is -0.0925. The van der Waals surface area contributed by atoms with E-state index in [4.69, 9.17) is 5.73 Å². The highest BCUT2D eigenvalue weighted by Gasteiger charge is 2.32. The summed E-state index contributed by atoms with van der Waals surface area (Å²) in [4.78, 5) is 18.1. The summed E-state index contributed by atoms with van der Waals surface area (Å²) in [7, 11) is 0. The van der Waals surface area contributed by atoms with Gasteiger partial charge in [0.05, 0.1) is 6.10 Å². The summed E-state index contributed by atoms with van der Waals surface area (Å²) in [6.07, 6.45) is 1.00. The Morgan fingerprint density at radius 2 is 2.39 bits per heavy atom. The maximum absolute atomic E-state index is 12.3. The predicted molar refractivity (Wildman–Crippen MR) is 71.5 cm³/mol. The molecule has 100 valence electrons. The quantitative estimate of drug-likeness (QED) is 0.806. The first-order valence-corrected chi connectivity index (χ1v) is 6.94. The van der Waals surface area contributed by atoms with Crippen molar-refractivity contribution in [1.82, 2.24) is 9.88 Å². The van der Waals surface area contributed by atoms with Crippen molar-refractivity contribution in [1.29, 1.82) is 0 Å². The van der Waals surface area contributed by atoms with E-state index in [1.807, 2.05) is 0 Å². The number of anilines is 1. The van der Waals surface area contributed by atoms with Crippen LogP contribution in [0, 0.1) is 5.41 Å². The molecular formula is C12H19N3O2S. The SMILES string of the molecule is CC1(C)C[C@H](O)CCN(C(=O)c2csc(N)n2)C1. The van der Waals surface area contributed by atoms with Crippen LogP contribution in [0.15, 0.2) is 5.38 Å². The van der Waals surface area contributed by atoms with Crippen LogP contribution in [0.5, 0.6) is 0 Å². The number of aliphatic hydroxyl groups is 1. The molecule has 0 spiro atoms. The molecular weight excluding hydrogens is 250 g/mol. The molecule has 1 aliphatic rings. The zero-order chi connectivity index (χ0) is 13.3. The summed E-state index contributed by atoms with van der Waals surface area (Å²) in [5, 5.41) is 11.9. The number of rotatable bonds is 1. The van der Waals surface area contributed by atoms with Crippen molar-refractivity contribution in [3.63, 3.8) is 0 Å². The Balaban J connectivity index is 2.15. The fourth-order valence-corrected chi connectivity index (χ4v) is 2.96. The normalized spacial score (nSPS) is 23.7. The maximum Gasteiger partial charge on any atom is 0.273 e. The summed E-state index contributed by atoms with van der Waals surface area (Å²) < 4.78 is 0. The first kappa shape index (κ1) is 13.3. The number of aliphatic hydroxyl groups excluding tert-OH is 1. The van der Waals surface area contributed by atoms with Crippen LogP contribution in [0.2, 0.25) is 0 Å². The number of amides is 1. The lowest BCUT2D eigenvalue weighted by Crippen LogP contribution is -2.37. The summed E-state index contributed by atoms with van der Waals surface area (Å²) in [6.45, 7) is 5.34. The van der Waals surface area contributed by atoms with Crippen LogP contribution in [0.4, 0.5) is 5.13 Å². The highest BCUT2D eigenvalue weighted by atomic mass is 32.1. The number of aromatic nitrogens is 1. The van der Waals surface area contributed by atoms with Crippen LogP contribution in [0.3, 0.4) is 0 Å². The Morgan fingerprint density at radius 1 is 1.67 bits per heavy atom. The maximum atomic E-state index is 12.3. The highest BCUT2D eigenvalue weighted by molar-refractivity contribution is 7.13. The van der Waals surface area contributed by atoms with Gasteiger partial charge in [-0.1, -0.05) is 13.8 Å². The third-order valence-electron chi connectivity index (χ3n) is 3.17. The minimum absolute atomic E-state index is 0.0762. The standard InChI is InChI=1S/C12H19N3O2S/c1-12(2)5-8(16)3-4-15(7-12)10(17)9-6-18-11(13)14-9/h6,8,16H,3-5,7H2,1-2H3,(H2,13,14)/t8-/m1/s1. The molecule has 0 aliphatic carbocycles. The van der Waals surface area contributed by atoms with E-state index in [9.17, 15) is 9.90 Å². The van der Waals surface area contributed by atoms with Crippen LogP contribution < -0.4 is 5.73 Å². The number of carbonyl (C=O) groups excluding carboxylic acids is 1. The molecule has 1 amide bonds. The van der Waals surface area contributed by atoms with E-state index in [1.165, 1.54) is 11.3 Å². The van der Waals surface area contributed by atoms with Crippen molar-refractivity contribution in [2.45, 2.75) is 32.8 Å². The number of hydrogen-bond acceptors (Lipinski definition) is 5.